The summed E-state index contributed by atoms with van der Waals surface area (Å²) in [5.41, 5.74) is 6.02. The van der Waals surface area contributed by atoms with Crippen molar-refractivity contribution in [1.29, 1.82) is 0 Å². The van der Waals surface area contributed by atoms with Crippen molar-refractivity contribution in [1.82, 2.24) is 9.55 Å². The SMILES string of the molecule is COC1=CC(c2cc3ccccc3n2C(=O)c2ccccc2COP(=O)(O)O)=N/C1=C/c1[nH]c(C)cc1C. The second-order valence-corrected chi connectivity index (χ2v) is 10.2. The van der Waals surface area contributed by atoms with Crippen LogP contribution in [0.15, 0.2) is 83.2 Å². The van der Waals surface area contributed by atoms with Gasteiger partial charge in [-0.1, -0.05) is 36.4 Å². The molecule has 9 nitrogen and oxygen atoms in total. The minimum Gasteiger partial charge on any atom is -0.494 e. The van der Waals surface area contributed by atoms with E-state index in [-0.39, 0.29) is 11.5 Å². The molecule has 0 radical (unpaired) electrons. The summed E-state index contributed by atoms with van der Waals surface area (Å²) in [4.78, 5) is 40.5. The smallest absolute Gasteiger partial charge is 0.469 e. The number of benzene rings is 2. The van der Waals surface area contributed by atoms with Gasteiger partial charge in [-0.3, -0.25) is 13.9 Å². The monoisotopic (exact) mass is 531 g/mol. The molecule has 1 aliphatic rings. The normalized spacial score (nSPS) is 14.7. The number of phosphoric ester groups is 1. The maximum atomic E-state index is 14.0. The predicted molar refractivity (Wildman–Crippen MR) is 145 cm³/mol. The predicted octanol–water partition coefficient (Wildman–Crippen LogP) is 5.26. The van der Waals surface area contributed by atoms with Crippen LogP contribution in [-0.2, 0) is 20.4 Å². The molecule has 10 heteroatoms. The fourth-order valence-corrected chi connectivity index (χ4v) is 4.85. The van der Waals surface area contributed by atoms with Crippen LogP contribution in [0.2, 0.25) is 0 Å². The van der Waals surface area contributed by atoms with Gasteiger partial charge in [0.05, 0.1) is 30.6 Å². The number of nitrogens with one attached hydrogen (secondary N) is 1. The molecule has 0 unspecified atom stereocenters. The van der Waals surface area contributed by atoms with Gasteiger partial charge in [0.15, 0.2) is 0 Å². The number of aliphatic imine (C=N–C) groups is 1. The van der Waals surface area contributed by atoms with Gasteiger partial charge in [0.1, 0.15) is 11.5 Å². The van der Waals surface area contributed by atoms with E-state index in [0.717, 1.165) is 22.3 Å². The lowest BCUT2D eigenvalue weighted by atomic mass is 10.1. The first-order valence-corrected chi connectivity index (χ1v) is 13.3. The van der Waals surface area contributed by atoms with Gasteiger partial charge in [0.2, 0.25) is 0 Å². The van der Waals surface area contributed by atoms with Gasteiger partial charge in [0, 0.05) is 28.4 Å². The third kappa shape index (κ3) is 5.05. The fraction of sp³-hybridized carbons (Fsp3) is 0.143. The average molecular weight is 532 g/mol. The number of fused-ring (bicyclic) bond motifs is 1. The number of ether oxygens (including phenoxy) is 1. The molecule has 0 fully saturated rings. The van der Waals surface area contributed by atoms with Crippen molar-refractivity contribution in [3.63, 3.8) is 0 Å². The number of allylic oxidation sites excluding steroid dienone is 1. The summed E-state index contributed by atoms with van der Waals surface area (Å²) in [5, 5.41) is 0.836. The van der Waals surface area contributed by atoms with Gasteiger partial charge < -0.3 is 19.5 Å². The zero-order valence-electron chi connectivity index (χ0n) is 21.0. The topological polar surface area (TPSA) is 126 Å². The number of nitrogens with zero attached hydrogens (tertiary/aromatic N) is 2. The van der Waals surface area contributed by atoms with Crippen LogP contribution in [0.25, 0.3) is 17.0 Å². The Kier molecular flexibility index (Phi) is 6.77. The maximum Gasteiger partial charge on any atom is 0.469 e. The van der Waals surface area contributed by atoms with E-state index in [1.54, 1.807) is 42.0 Å². The minimum atomic E-state index is -4.72. The summed E-state index contributed by atoms with van der Waals surface area (Å²) >= 11 is 0. The van der Waals surface area contributed by atoms with Crippen molar-refractivity contribution >= 4 is 36.4 Å². The van der Waals surface area contributed by atoms with Gasteiger partial charge >= 0.3 is 7.82 Å². The molecule has 0 aliphatic carbocycles. The fourth-order valence-electron chi connectivity index (χ4n) is 4.54. The lowest BCUT2D eigenvalue weighted by molar-refractivity contribution is 0.0960. The van der Waals surface area contributed by atoms with Gasteiger partial charge in [-0.05, 0) is 55.3 Å². The molecule has 0 bridgehead atoms. The zero-order valence-corrected chi connectivity index (χ0v) is 21.9. The molecule has 3 heterocycles. The molecule has 4 aromatic rings. The Labute approximate surface area is 219 Å². The van der Waals surface area contributed by atoms with Crippen LogP contribution in [0.4, 0.5) is 0 Å². The Morgan fingerprint density at radius 3 is 2.55 bits per heavy atom. The second-order valence-electron chi connectivity index (χ2n) is 8.94. The molecule has 0 atom stereocenters. The van der Waals surface area contributed by atoms with E-state index in [0.29, 0.717) is 33.9 Å². The molecule has 0 saturated heterocycles. The Morgan fingerprint density at radius 2 is 1.84 bits per heavy atom. The molecule has 2 aromatic heterocycles. The number of carbonyl (C=O) groups excluding carboxylic acids is 1. The van der Waals surface area contributed by atoms with Crippen molar-refractivity contribution in [3.05, 3.63) is 112 Å². The number of methoxy groups -OCH3 is 1. The highest BCUT2D eigenvalue weighted by molar-refractivity contribution is 7.46. The minimum absolute atomic E-state index is 0.256. The van der Waals surface area contributed by atoms with Crippen LogP contribution >= 0.6 is 7.82 Å². The Balaban J connectivity index is 1.63. The van der Waals surface area contributed by atoms with Crippen LogP contribution in [0.3, 0.4) is 0 Å². The number of rotatable bonds is 7. The quantitative estimate of drug-likeness (QED) is 0.280. The number of hydrogen-bond donors (Lipinski definition) is 3. The summed E-state index contributed by atoms with van der Waals surface area (Å²) in [6, 6.07) is 18.0. The van der Waals surface area contributed by atoms with Crippen LogP contribution in [0.1, 0.15) is 38.6 Å². The molecule has 0 saturated carbocycles. The van der Waals surface area contributed by atoms with Crippen LogP contribution in [0.5, 0.6) is 0 Å². The van der Waals surface area contributed by atoms with Crippen molar-refractivity contribution in [2.45, 2.75) is 20.5 Å². The van der Waals surface area contributed by atoms with E-state index in [1.807, 2.05) is 56.3 Å². The van der Waals surface area contributed by atoms with E-state index in [9.17, 15) is 19.1 Å². The number of aromatic amines is 1. The number of aromatic nitrogens is 2. The summed E-state index contributed by atoms with van der Waals surface area (Å²) in [6.07, 6.45) is 3.70. The van der Waals surface area contributed by atoms with Crippen LogP contribution < -0.4 is 0 Å². The number of aryl methyl sites for hydroxylation is 2. The second kappa shape index (κ2) is 10.0. The lowest BCUT2D eigenvalue weighted by Gasteiger charge is -2.13. The molecular weight excluding hydrogens is 505 g/mol. The van der Waals surface area contributed by atoms with Crippen molar-refractivity contribution in [2.75, 3.05) is 7.11 Å². The molecule has 38 heavy (non-hydrogen) atoms. The maximum absolute atomic E-state index is 14.0. The molecule has 194 valence electrons. The number of phosphoric acid groups is 1. The van der Waals surface area contributed by atoms with Crippen molar-refractivity contribution in [2.24, 2.45) is 4.99 Å². The zero-order chi connectivity index (χ0) is 27.0. The van der Waals surface area contributed by atoms with E-state index >= 15 is 0 Å². The van der Waals surface area contributed by atoms with Crippen LogP contribution in [0, 0.1) is 13.8 Å². The number of para-hydroxylation sites is 1. The highest BCUT2D eigenvalue weighted by Crippen LogP contribution is 2.37. The number of carbonyl (C=O) groups is 1. The molecule has 3 N–H and O–H groups in total. The largest absolute Gasteiger partial charge is 0.494 e. The van der Waals surface area contributed by atoms with Gasteiger partial charge in [-0.25, -0.2) is 9.56 Å². The van der Waals surface area contributed by atoms with Crippen molar-refractivity contribution < 1.29 is 28.4 Å². The van der Waals surface area contributed by atoms with E-state index in [4.69, 9.17) is 14.3 Å². The van der Waals surface area contributed by atoms with E-state index < -0.39 is 14.4 Å². The summed E-state index contributed by atoms with van der Waals surface area (Å²) in [6.45, 7) is 3.57. The third-order valence-electron chi connectivity index (χ3n) is 6.26. The lowest BCUT2D eigenvalue weighted by Crippen LogP contribution is -2.19. The molecule has 5 rings (SSSR count). The van der Waals surface area contributed by atoms with Gasteiger partial charge in [-0.2, -0.15) is 0 Å². The molecular formula is C28H26N3O6P. The average Bonchev–Trinajstić information content (AvgIpc) is 3.56. The standard InChI is InChI=1S/C28H26N3O6P/c1-17-12-18(2)29-22(17)14-24-27(36-3)15-23(30-24)26-13-19-8-5-7-11-25(19)31(26)28(32)21-10-6-4-9-20(21)16-37-38(33,34)35/h4-15,29H,16H2,1-3H3,(H2,33,34,35)/b24-14+. The van der Waals surface area contributed by atoms with E-state index in [1.165, 1.54) is 0 Å². The summed E-state index contributed by atoms with van der Waals surface area (Å²) in [7, 11) is -3.15. The van der Waals surface area contributed by atoms with Crippen LogP contribution in [-0.4, -0.2) is 38.1 Å². The Morgan fingerprint density at radius 1 is 1.11 bits per heavy atom. The first-order valence-electron chi connectivity index (χ1n) is 11.8. The first-order chi connectivity index (χ1) is 18.1. The Hall–Kier alpha value is -4.01. The molecule has 0 spiro atoms. The van der Waals surface area contributed by atoms with Gasteiger partial charge in [0.25, 0.3) is 5.91 Å². The Bertz CT molecular complexity index is 1700. The summed E-state index contributed by atoms with van der Waals surface area (Å²) < 4.78 is 23.2. The number of hydrogen-bond acceptors (Lipinski definition) is 5. The highest BCUT2D eigenvalue weighted by atomic mass is 31.2. The molecule has 1 aliphatic heterocycles. The highest BCUT2D eigenvalue weighted by Gasteiger charge is 2.26. The summed E-state index contributed by atoms with van der Waals surface area (Å²) in [5.74, 6) is 0.181. The molecule has 2 aromatic carbocycles. The number of H-pyrrole nitrogens is 1. The third-order valence-corrected chi connectivity index (χ3v) is 6.73. The van der Waals surface area contributed by atoms with E-state index in [2.05, 4.69) is 4.98 Å². The molecule has 0 amide bonds. The first kappa shape index (κ1) is 25.6. The van der Waals surface area contributed by atoms with Crippen molar-refractivity contribution in [3.8, 4) is 0 Å². The van der Waals surface area contributed by atoms with Gasteiger partial charge in [-0.15, -0.1) is 0 Å².